The van der Waals surface area contributed by atoms with Gasteiger partial charge in [-0.05, 0) is 31.8 Å². The first-order valence-electron chi connectivity index (χ1n) is 7.24. The minimum atomic E-state index is -0.544. The van der Waals surface area contributed by atoms with E-state index in [0.29, 0.717) is 17.1 Å². The highest BCUT2D eigenvalue weighted by Gasteiger charge is 2.21. The van der Waals surface area contributed by atoms with Gasteiger partial charge in [0.1, 0.15) is 5.00 Å². The lowest BCUT2D eigenvalue weighted by atomic mass is 10.2. The molecular formula is C15H20N4O2S2. The summed E-state index contributed by atoms with van der Waals surface area (Å²) in [5.41, 5.74) is 6.59. The molecule has 0 saturated heterocycles. The second kappa shape index (κ2) is 7.67. The first kappa shape index (κ1) is 17.6. The second-order valence-electron chi connectivity index (χ2n) is 5.19. The van der Waals surface area contributed by atoms with Gasteiger partial charge in [-0.25, -0.2) is 4.98 Å². The third-order valence-corrected chi connectivity index (χ3v) is 5.39. The number of hydrogen-bond acceptors (Lipinski definition) is 6. The maximum absolute atomic E-state index is 12.4. The number of aryl methyl sites for hydroxylation is 1. The van der Waals surface area contributed by atoms with Crippen molar-refractivity contribution in [3.8, 4) is 0 Å². The van der Waals surface area contributed by atoms with Crippen LogP contribution in [0, 0.1) is 0 Å². The van der Waals surface area contributed by atoms with Crippen LogP contribution in [0.2, 0.25) is 0 Å². The smallest absolute Gasteiger partial charge is 0.251 e. The molecule has 0 aromatic carbocycles. The van der Waals surface area contributed by atoms with E-state index in [4.69, 9.17) is 5.73 Å². The Kier molecular flexibility index (Phi) is 5.86. The summed E-state index contributed by atoms with van der Waals surface area (Å²) in [7, 11) is 1.87. The Balaban J connectivity index is 1.98. The van der Waals surface area contributed by atoms with Crippen molar-refractivity contribution in [1.82, 2.24) is 9.88 Å². The Morgan fingerprint density at radius 3 is 2.78 bits per heavy atom. The summed E-state index contributed by atoms with van der Waals surface area (Å²) in [4.78, 5) is 30.1. The van der Waals surface area contributed by atoms with Crippen molar-refractivity contribution >= 4 is 39.5 Å². The molecule has 3 N–H and O–H groups in total. The number of carbonyl (C=O) groups is 2. The van der Waals surface area contributed by atoms with E-state index in [1.165, 1.54) is 11.3 Å². The minimum Gasteiger partial charge on any atom is -0.366 e. The van der Waals surface area contributed by atoms with E-state index >= 15 is 0 Å². The number of anilines is 1. The molecule has 2 aromatic rings. The fourth-order valence-corrected chi connectivity index (χ4v) is 3.52. The minimum absolute atomic E-state index is 0.177. The zero-order valence-corrected chi connectivity index (χ0v) is 15.0. The molecule has 0 radical (unpaired) electrons. The lowest BCUT2D eigenvalue weighted by Gasteiger charge is -2.22. The molecular weight excluding hydrogens is 332 g/mol. The Hall–Kier alpha value is -1.77. The number of nitrogens with two attached hydrogens (primary N) is 1. The molecule has 2 heterocycles. The van der Waals surface area contributed by atoms with Crippen LogP contribution in [-0.4, -0.2) is 34.8 Å². The van der Waals surface area contributed by atoms with Gasteiger partial charge in [0.2, 0.25) is 5.91 Å². The van der Waals surface area contributed by atoms with Gasteiger partial charge in [0, 0.05) is 11.9 Å². The van der Waals surface area contributed by atoms with E-state index in [2.05, 4.69) is 17.2 Å². The maximum Gasteiger partial charge on any atom is 0.251 e. The van der Waals surface area contributed by atoms with Crippen molar-refractivity contribution in [3.63, 3.8) is 0 Å². The van der Waals surface area contributed by atoms with Crippen molar-refractivity contribution < 1.29 is 9.59 Å². The number of thiazole rings is 1. The third-order valence-electron chi connectivity index (χ3n) is 3.52. The summed E-state index contributed by atoms with van der Waals surface area (Å²) in [6, 6.07) is 1.25. The zero-order chi connectivity index (χ0) is 17.0. The molecule has 0 fully saturated rings. The molecule has 2 aromatic heterocycles. The van der Waals surface area contributed by atoms with E-state index in [1.807, 2.05) is 24.3 Å². The van der Waals surface area contributed by atoms with Crippen molar-refractivity contribution in [3.05, 3.63) is 33.1 Å². The molecule has 8 heteroatoms. The zero-order valence-electron chi connectivity index (χ0n) is 13.3. The maximum atomic E-state index is 12.4. The molecule has 0 aliphatic carbocycles. The van der Waals surface area contributed by atoms with Crippen LogP contribution < -0.4 is 11.1 Å². The summed E-state index contributed by atoms with van der Waals surface area (Å²) >= 11 is 2.92. The van der Waals surface area contributed by atoms with Gasteiger partial charge < -0.3 is 11.1 Å². The summed E-state index contributed by atoms with van der Waals surface area (Å²) in [5, 5.41) is 8.10. The summed E-state index contributed by atoms with van der Waals surface area (Å²) in [6.45, 7) is 4.48. The molecule has 0 aliphatic rings. The van der Waals surface area contributed by atoms with Crippen molar-refractivity contribution in [2.75, 3.05) is 12.4 Å². The molecule has 2 rings (SSSR count). The van der Waals surface area contributed by atoms with E-state index in [0.717, 1.165) is 17.1 Å². The molecule has 6 nitrogen and oxygen atoms in total. The average molecular weight is 352 g/mol. The lowest BCUT2D eigenvalue weighted by molar-refractivity contribution is -0.120. The number of likely N-dealkylation sites (N-methyl/N-ethyl adjacent to an activating group) is 1. The molecule has 2 amide bonds. The highest BCUT2D eigenvalue weighted by molar-refractivity contribution is 7.14. The topological polar surface area (TPSA) is 88.3 Å². The van der Waals surface area contributed by atoms with Crippen molar-refractivity contribution in [2.45, 2.75) is 32.9 Å². The van der Waals surface area contributed by atoms with E-state index in [1.54, 1.807) is 22.8 Å². The molecule has 1 unspecified atom stereocenters. The first-order chi connectivity index (χ1) is 10.9. The van der Waals surface area contributed by atoms with Crippen LogP contribution in [0.4, 0.5) is 5.00 Å². The summed E-state index contributed by atoms with van der Waals surface area (Å²) in [6.07, 6.45) is 0.915. The van der Waals surface area contributed by atoms with Gasteiger partial charge in [-0.15, -0.1) is 22.7 Å². The number of rotatable bonds is 7. The van der Waals surface area contributed by atoms with E-state index in [-0.39, 0.29) is 11.9 Å². The highest BCUT2D eigenvalue weighted by atomic mass is 32.1. The Bertz CT molecular complexity index is 695. The molecule has 0 bridgehead atoms. The standard InChI is InChI=1S/C15H20N4O2S2/c1-4-12-17-10(8-23-12)7-19(3)9(2)14(21)18-15-11(13(16)20)5-6-22-15/h5-6,8-9H,4,7H2,1-3H3,(H2,16,20)(H,18,21). The monoisotopic (exact) mass is 352 g/mol. The fourth-order valence-electron chi connectivity index (χ4n) is 1.99. The Labute approximate surface area is 143 Å². The van der Waals surface area contributed by atoms with Crippen LogP contribution in [0.3, 0.4) is 0 Å². The molecule has 1 atom stereocenters. The molecule has 124 valence electrons. The van der Waals surface area contributed by atoms with E-state index < -0.39 is 5.91 Å². The van der Waals surface area contributed by atoms with Crippen LogP contribution in [0.25, 0.3) is 0 Å². The average Bonchev–Trinajstić information content (AvgIpc) is 3.15. The van der Waals surface area contributed by atoms with Crippen LogP contribution in [0.15, 0.2) is 16.8 Å². The van der Waals surface area contributed by atoms with Crippen LogP contribution in [0.5, 0.6) is 0 Å². The lowest BCUT2D eigenvalue weighted by Crippen LogP contribution is -2.39. The van der Waals surface area contributed by atoms with Crippen molar-refractivity contribution in [1.29, 1.82) is 0 Å². The Morgan fingerprint density at radius 2 is 2.17 bits per heavy atom. The summed E-state index contributed by atoms with van der Waals surface area (Å²) < 4.78 is 0. The number of amides is 2. The predicted molar refractivity (Wildman–Crippen MR) is 93.9 cm³/mol. The predicted octanol–water partition coefficient (Wildman–Crippen LogP) is 2.32. The number of thiophene rings is 1. The number of nitrogens with zero attached hydrogens (tertiary/aromatic N) is 2. The largest absolute Gasteiger partial charge is 0.366 e. The number of primary amides is 1. The van der Waals surface area contributed by atoms with Crippen LogP contribution >= 0.6 is 22.7 Å². The first-order valence-corrected chi connectivity index (χ1v) is 9.00. The molecule has 0 aliphatic heterocycles. The van der Waals surface area contributed by atoms with Gasteiger partial charge >= 0.3 is 0 Å². The van der Waals surface area contributed by atoms with Crippen LogP contribution in [-0.2, 0) is 17.8 Å². The highest BCUT2D eigenvalue weighted by Crippen LogP contribution is 2.23. The van der Waals surface area contributed by atoms with Gasteiger partial charge in [-0.3, -0.25) is 14.5 Å². The van der Waals surface area contributed by atoms with E-state index in [9.17, 15) is 9.59 Å². The quantitative estimate of drug-likeness (QED) is 0.800. The normalized spacial score (nSPS) is 12.3. The number of nitrogens with one attached hydrogen (secondary N) is 1. The van der Waals surface area contributed by atoms with Gasteiger partial charge in [0.15, 0.2) is 0 Å². The second-order valence-corrected chi connectivity index (χ2v) is 7.05. The fraction of sp³-hybridized carbons (Fsp3) is 0.400. The number of aromatic nitrogens is 1. The van der Waals surface area contributed by atoms with Gasteiger partial charge in [0.05, 0.1) is 22.3 Å². The van der Waals surface area contributed by atoms with Crippen LogP contribution in [0.1, 0.15) is 34.9 Å². The summed E-state index contributed by atoms with van der Waals surface area (Å²) in [5.74, 6) is -0.722. The Morgan fingerprint density at radius 1 is 1.43 bits per heavy atom. The molecule has 0 saturated carbocycles. The SMILES string of the molecule is CCc1nc(CN(C)C(C)C(=O)Nc2sccc2C(N)=O)cs1. The molecule has 23 heavy (non-hydrogen) atoms. The van der Waals surface area contributed by atoms with Crippen molar-refractivity contribution in [2.24, 2.45) is 5.73 Å². The van der Waals surface area contributed by atoms with Gasteiger partial charge in [-0.1, -0.05) is 6.92 Å². The number of hydrogen-bond donors (Lipinski definition) is 2. The van der Waals surface area contributed by atoms with Gasteiger partial charge in [-0.2, -0.15) is 0 Å². The molecule has 0 spiro atoms. The number of carbonyl (C=O) groups excluding carboxylic acids is 2. The third kappa shape index (κ3) is 4.37. The van der Waals surface area contributed by atoms with Gasteiger partial charge in [0.25, 0.3) is 5.91 Å².